The fourth-order valence-corrected chi connectivity index (χ4v) is 2.71. The molecule has 1 aromatic rings. The first kappa shape index (κ1) is 25.7. The van der Waals surface area contributed by atoms with Gasteiger partial charge < -0.3 is 30.3 Å². The predicted octanol–water partition coefficient (Wildman–Crippen LogP) is 2.76. The van der Waals surface area contributed by atoms with Crippen molar-refractivity contribution in [2.24, 2.45) is 5.92 Å². The van der Waals surface area contributed by atoms with Gasteiger partial charge in [-0.25, -0.2) is 14.4 Å². The van der Waals surface area contributed by atoms with Crippen molar-refractivity contribution in [1.29, 1.82) is 0 Å². The summed E-state index contributed by atoms with van der Waals surface area (Å²) < 4.78 is 10.1. The molecule has 0 aromatic heterocycles. The number of aliphatic carboxylic acids is 2. The highest BCUT2D eigenvalue weighted by Crippen LogP contribution is 2.16. The van der Waals surface area contributed by atoms with Crippen molar-refractivity contribution in [3.05, 3.63) is 35.9 Å². The molecule has 0 aliphatic carbocycles. The second-order valence-corrected chi connectivity index (χ2v) is 8.15. The Kier molecular flexibility index (Phi) is 9.78. The van der Waals surface area contributed by atoms with Gasteiger partial charge in [0.1, 0.15) is 18.2 Å². The highest BCUT2D eigenvalue weighted by molar-refractivity contribution is 5.81. The lowest BCUT2D eigenvalue weighted by Crippen LogP contribution is -2.44. The monoisotopic (exact) mass is 438 g/mol. The number of amides is 2. The fourth-order valence-electron chi connectivity index (χ4n) is 2.71. The molecule has 3 atom stereocenters. The van der Waals surface area contributed by atoms with Crippen LogP contribution in [0.5, 0.6) is 0 Å². The normalized spacial score (nSPS) is 13.9. The third-order valence-corrected chi connectivity index (χ3v) is 4.07. The lowest BCUT2D eigenvalue weighted by Gasteiger charge is -2.24. The quantitative estimate of drug-likeness (QED) is 0.435. The Labute approximate surface area is 180 Å². The number of rotatable bonds is 10. The van der Waals surface area contributed by atoms with Gasteiger partial charge in [0.25, 0.3) is 0 Å². The van der Waals surface area contributed by atoms with Crippen LogP contribution in [0.3, 0.4) is 0 Å². The lowest BCUT2D eigenvalue weighted by atomic mass is 9.93. The molecule has 10 heteroatoms. The van der Waals surface area contributed by atoms with E-state index in [2.05, 4.69) is 10.6 Å². The third kappa shape index (κ3) is 10.9. The van der Waals surface area contributed by atoms with Crippen LogP contribution < -0.4 is 10.6 Å². The molecule has 0 fully saturated rings. The van der Waals surface area contributed by atoms with Crippen LogP contribution in [0.15, 0.2) is 30.3 Å². The molecule has 0 aliphatic rings. The minimum Gasteiger partial charge on any atom is -0.481 e. The van der Waals surface area contributed by atoms with E-state index in [0.29, 0.717) is 0 Å². The zero-order chi connectivity index (χ0) is 23.6. The number of carboxylic acid groups (broad SMARTS) is 2. The van der Waals surface area contributed by atoms with E-state index in [1.54, 1.807) is 58.0 Å². The van der Waals surface area contributed by atoms with Crippen LogP contribution in [-0.2, 0) is 25.7 Å². The number of ether oxygens (including phenoxy) is 2. The molecule has 3 unspecified atom stereocenters. The standard InChI is InChI=1S/C21H30N2O8/c1-13(22-20(29)31-21(2,3)4)10-15(17(24)25)11-16(18(26)27)23-19(28)30-12-14-8-6-5-7-9-14/h5-9,13,15-16H,10-12H2,1-4H3,(H,22,29)(H,23,28)(H,24,25)(H,26,27). The van der Waals surface area contributed by atoms with Gasteiger partial charge in [-0.15, -0.1) is 0 Å². The Morgan fingerprint density at radius 1 is 0.935 bits per heavy atom. The molecule has 0 radical (unpaired) electrons. The molecule has 10 nitrogen and oxygen atoms in total. The number of carbonyl (C=O) groups excluding carboxylic acids is 2. The zero-order valence-corrected chi connectivity index (χ0v) is 18.1. The Hall–Kier alpha value is -3.30. The van der Waals surface area contributed by atoms with Crippen molar-refractivity contribution in [3.63, 3.8) is 0 Å². The summed E-state index contributed by atoms with van der Waals surface area (Å²) in [7, 11) is 0. The van der Waals surface area contributed by atoms with Crippen LogP contribution >= 0.6 is 0 Å². The average molecular weight is 438 g/mol. The Morgan fingerprint density at radius 3 is 2.06 bits per heavy atom. The van der Waals surface area contributed by atoms with E-state index in [9.17, 15) is 29.4 Å². The average Bonchev–Trinajstić information content (AvgIpc) is 2.64. The first-order valence-corrected chi connectivity index (χ1v) is 9.79. The maximum absolute atomic E-state index is 12.0. The zero-order valence-electron chi connectivity index (χ0n) is 18.1. The molecule has 2 amide bonds. The Bertz CT molecular complexity index is 760. The van der Waals surface area contributed by atoms with Crippen molar-refractivity contribution in [2.75, 3.05) is 0 Å². The maximum atomic E-state index is 12.0. The van der Waals surface area contributed by atoms with Crippen molar-refractivity contribution in [1.82, 2.24) is 10.6 Å². The first-order valence-electron chi connectivity index (χ1n) is 9.79. The molecular weight excluding hydrogens is 408 g/mol. The third-order valence-electron chi connectivity index (χ3n) is 4.07. The van der Waals surface area contributed by atoms with Crippen molar-refractivity contribution in [3.8, 4) is 0 Å². The molecule has 1 aromatic carbocycles. The van der Waals surface area contributed by atoms with E-state index in [-0.39, 0.29) is 19.4 Å². The van der Waals surface area contributed by atoms with Gasteiger partial charge in [-0.1, -0.05) is 30.3 Å². The number of benzene rings is 1. The predicted molar refractivity (Wildman–Crippen MR) is 110 cm³/mol. The van der Waals surface area contributed by atoms with Crippen molar-refractivity contribution < 1.29 is 38.9 Å². The molecule has 1 rings (SSSR count). The maximum Gasteiger partial charge on any atom is 0.408 e. The van der Waals surface area contributed by atoms with E-state index in [0.717, 1.165) is 5.56 Å². The summed E-state index contributed by atoms with van der Waals surface area (Å²) in [6, 6.07) is 6.73. The molecule has 0 bridgehead atoms. The van der Waals surface area contributed by atoms with Gasteiger partial charge in [0.15, 0.2) is 0 Å². The molecule has 0 saturated heterocycles. The number of alkyl carbamates (subject to hydrolysis) is 2. The number of hydrogen-bond acceptors (Lipinski definition) is 6. The second kappa shape index (κ2) is 11.8. The SMILES string of the molecule is CC(CC(CC(NC(=O)OCc1ccccc1)C(=O)O)C(=O)O)NC(=O)OC(C)(C)C. The van der Waals surface area contributed by atoms with Gasteiger partial charge in [0.05, 0.1) is 5.92 Å². The van der Waals surface area contributed by atoms with Gasteiger partial charge in [-0.05, 0) is 46.1 Å². The van der Waals surface area contributed by atoms with Crippen LogP contribution in [-0.4, -0.2) is 52.0 Å². The number of hydrogen-bond donors (Lipinski definition) is 4. The van der Waals surface area contributed by atoms with Crippen molar-refractivity contribution >= 4 is 24.1 Å². The van der Waals surface area contributed by atoms with Gasteiger partial charge in [0.2, 0.25) is 0 Å². The molecule has 4 N–H and O–H groups in total. The van der Waals surface area contributed by atoms with Gasteiger partial charge in [-0.2, -0.15) is 0 Å². The Morgan fingerprint density at radius 2 is 1.55 bits per heavy atom. The smallest absolute Gasteiger partial charge is 0.408 e. The molecule has 31 heavy (non-hydrogen) atoms. The highest BCUT2D eigenvalue weighted by atomic mass is 16.6. The summed E-state index contributed by atoms with van der Waals surface area (Å²) in [6.45, 7) is 6.60. The van der Waals surface area contributed by atoms with Gasteiger partial charge >= 0.3 is 24.1 Å². The molecular formula is C21H30N2O8. The van der Waals surface area contributed by atoms with Gasteiger partial charge in [-0.3, -0.25) is 4.79 Å². The van der Waals surface area contributed by atoms with Crippen LogP contribution in [0.2, 0.25) is 0 Å². The molecule has 0 spiro atoms. The van der Waals surface area contributed by atoms with Crippen molar-refractivity contribution in [2.45, 2.75) is 64.8 Å². The van der Waals surface area contributed by atoms with E-state index in [4.69, 9.17) is 9.47 Å². The van der Waals surface area contributed by atoms with Gasteiger partial charge in [0, 0.05) is 6.04 Å². The number of carbonyl (C=O) groups is 4. The van der Waals surface area contributed by atoms with Crippen LogP contribution in [0.25, 0.3) is 0 Å². The first-order chi connectivity index (χ1) is 14.4. The van der Waals surface area contributed by atoms with E-state index >= 15 is 0 Å². The van der Waals surface area contributed by atoms with E-state index in [1.807, 2.05) is 0 Å². The fraction of sp³-hybridized carbons (Fsp3) is 0.524. The summed E-state index contributed by atoms with van der Waals surface area (Å²) >= 11 is 0. The van der Waals surface area contributed by atoms with Crippen LogP contribution in [0.1, 0.15) is 46.1 Å². The second-order valence-electron chi connectivity index (χ2n) is 8.15. The van der Waals surface area contributed by atoms with Crippen LogP contribution in [0, 0.1) is 5.92 Å². The minimum absolute atomic E-state index is 0.0564. The Balaban J connectivity index is 2.64. The summed E-state index contributed by atoms with van der Waals surface area (Å²) in [5.74, 6) is -3.78. The summed E-state index contributed by atoms with van der Waals surface area (Å²) in [4.78, 5) is 47.0. The lowest BCUT2D eigenvalue weighted by molar-refractivity contribution is -0.144. The molecule has 172 valence electrons. The number of nitrogens with one attached hydrogen (secondary N) is 2. The van der Waals surface area contributed by atoms with Crippen LogP contribution in [0.4, 0.5) is 9.59 Å². The summed E-state index contributed by atoms with van der Waals surface area (Å²) in [5, 5.41) is 23.6. The highest BCUT2D eigenvalue weighted by Gasteiger charge is 2.30. The molecule has 0 saturated carbocycles. The molecule has 0 heterocycles. The minimum atomic E-state index is -1.47. The number of carboxylic acids is 2. The van der Waals surface area contributed by atoms with E-state index < -0.39 is 47.7 Å². The van der Waals surface area contributed by atoms with E-state index in [1.165, 1.54) is 0 Å². The largest absolute Gasteiger partial charge is 0.481 e. The summed E-state index contributed by atoms with van der Waals surface area (Å²) in [6.07, 6.45) is -2.12. The molecule has 0 aliphatic heterocycles. The topological polar surface area (TPSA) is 151 Å². The summed E-state index contributed by atoms with van der Waals surface area (Å²) in [5.41, 5.74) is 0.00372.